The highest BCUT2D eigenvalue weighted by molar-refractivity contribution is 7.80. The smallest absolute Gasteiger partial charge is 0.425 e. The number of ether oxygens (including phenoxy) is 3. The lowest BCUT2D eigenvalue weighted by molar-refractivity contribution is -0.134. The molecule has 0 N–H and O–H groups in total. The number of alkyl halides is 3. The van der Waals surface area contributed by atoms with Gasteiger partial charge >= 0.3 is 6.18 Å². The Bertz CT molecular complexity index is 1260. The fraction of sp³-hybridized carbons (Fsp3) is 0.261. The Kier molecular flexibility index (Phi) is 4.26. The number of fused-ring (bicyclic) bond motifs is 5. The summed E-state index contributed by atoms with van der Waals surface area (Å²) in [7, 11) is 0. The number of thiocarbonyl (C=S) groups is 1. The highest BCUT2D eigenvalue weighted by Gasteiger charge is 2.52. The maximum atomic E-state index is 13.1. The van der Waals surface area contributed by atoms with Crippen molar-refractivity contribution in [2.75, 3.05) is 13.4 Å². The summed E-state index contributed by atoms with van der Waals surface area (Å²) in [5, 5.41) is 0. The van der Waals surface area contributed by atoms with Crippen molar-refractivity contribution in [3.05, 3.63) is 75.0 Å². The number of halogens is 3. The molecule has 32 heavy (non-hydrogen) atoms. The van der Waals surface area contributed by atoms with E-state index in [1.54, 1.807) is 0 Å². The number of hydrogen-bond donors (Lipinski definition) is 0. The van der Waals surface area contributed by atoms with E-state index in [1.807, 2.05) is 35.2 Å². The second-order valence-electron chi connectivity index (χ2n) is 7.98. The first-order valence-corrected chi connectivity index (χ1v) is 11.2. The van der Waals surface area contributed by atoms with E-state index < -0.39 is 16.5 Å². The number of hydrogen-bond acceptors (Lipinski definition) is 5. The van der Waals surface area contributed by atoms with E-state index in [4.69, 9.17) is 26.4 Å². The maximum absolute atomic E-state index is 13.1. The third-order valence-corrected chi connectivity index (χ3v) is 7.88. The zero-order valence-corrected chi connectivity index (χ0v) is 18.2. The Morgan fingerprint density at radius 1 is 0.969 bits per heavy atom. The first-order valence-electron chi connectivity index (χ1n) is 9.97. The number of thiophene rings is 1. The van der Waals surface area contributed by atoms with Gasteiger partial charge in [-0.3, -0.25) is 0 Å². The van der Waals surface area contributed by atoms with Crippen LogP contribution in [-0.2, 0) is 24.7 Å². The Hall–Kier alpha value is -2.78. The van der Waals surface area contributed by atoms with Crippen molar-refractivity contribution < 1.29 is 27.4 Å². The van der Waals surface area contributed by atoms with E-state index >= 15 is 0 Å². The monoisotopic (exact) mass is 475 g/mol. The van der Waals surface area contributed by atoms with Crippen LogP contribution in [0.5, 0.6) is 17.2 Å². The summed E-state index contributed by atoms with van der Waals surface area (Å²) >= 11 is 6.77. The molecule has 3 aromatic rings. The van der Waals surface area contributed by atoms with Gasteiger partial charge in [-0.2, -0.15) is 13.2 Å². The van der Waals surface area contributed by atoms with Gasteiger partial charge in [0, 0.05) is 23.1 Å². The van der Waals surface area contributed by atoms with Gasteiger partial charge in [0.15, 0.2) is 11.5 Å². The van der Waals surface area contributed by atoms with Gasteiger partial charge in [0.05, 0.1) is 11.5 Å². The summed E-state index contributed by atoms with van der Waals surface area (Å²) in [6, 6.07) is 14.4. The molecular formula is C23H16F3NO3S2. The van der Waals surface area contributed by atoms with E-state index in [2.05, 4.69) is 6.07 Å². The summed E-state index contributed by atoms with van der Waals surface area (Å²) in [6.07, 6.45) is -4.35. The molecule has 1 unspecified atom stereocenters. The summed E-state index contributed by atoms with van der Waals surface area (Å²) in [6.45, 7) is 1.29. The molecule has 1 atom stereocenters. The van der Waals surface area contributed by atoms with E-state index in [0.717, 1.165) is 34.1 Å². The van der Waals surface area contributed by atoms with E-state index in [9.17, 15) is 13.2 Å². The minimum absolute atomic E-state index is 0.151. The van der Waals surface area contributed by atoms with E-state index in [1.165, 1.54) is 6.07 Å². The molecule has 1 aromatic heterocycles. The Morgan fingerprint density at radius 3 is 2.53 bits per heavy atom. The number of nitrogens with zero attached hydrogens (tertiary/aromatic N) is 1. The molecule has 0 radical (unpaired) electrons. The first-order chi connectivity index (χ1) is 15.4. The minimum atomic E-state index is -4.35. The largest absolute Gasteiger partial charge is 0.491 e. The van der Waals surface area contributed by atoms with Gasteiger partial charge in [-0.05, 0) is 29.3 Å². The predicted octanol–water partition coefficient (Wildman–Crippen LogP) is 5.52. The van der Waals surface area contributed by atoms with Gasteiger partial charge in [0.25, 0.3) is 0 Å². The Balaban J connectivity index is 1.44. The molecule has 0 aliphatic carbocycles. The molecule has 9 heteroatoms. The summed E-state index contributed by atoms with van der Waals surface area (Å²) in [5.41, 5.74) is 2.31. The fourth-order valence-corrected chi connectivity index (χ4v) is 6.01. The van der Waals surface area contributed by atoms with Crippen LogP contribution in [0.4, 0.5) is 13.2 Å². The fourth-order valence-electron chi connectivity index (χ4n) is 4.71. The SMILES string of the molecule is FC(F)(F)c1ccc(CN2Cc3ccccc3C3(COc4cc5c(cc43)OCO5)C2=S)s1. The first kappa shape index (κ1) is 19.9. The second kappa shape index (κ2) is 6.86. The molecular weight excluding hydrogens is 459 g/mol. The molecule has 3 aliphatic heterocycles. The number of rotatable bonds is 2. The van der Waals surface area contributed by atoms with Crippen LogP contribution in [0, 0.1) is 0 Å². The predicted molar refractivity (Wildman–Crippen MR) is 116 cm³/mol. The lowest BCUT2D eigenvalue weighted by Crippen LogP contribution is -2.51. The van der Waals surface area contributed by atoms with Gasteiger partial charge in [-0.25, -0.2) is 0 Å². The maximum Gasteiger partial charge on any atom is 0.425 e. The molecule has 0 amide bonds. The molecule has 6 rings (SSSR count). The normalized spacial score (nSPS) is 21.0. The molecule has 0 fully saturated rings. The lowest BCUT2D eigenvalue weighted by atomic mass is 9.71. The van der Waals surface area contributed by atoms with Crippen LogP contribution in [-0.4, -0.2) is 23.3 Å². The van der Waals surface area contributed by atoms with Crippen LogP contribution in [0.25, 0.3) is 0 Å². The van der Waals surface area contributed by atoms with Gasteiger partial charge in [-0.1, -0.05) is 36.5 Å². The average Bonchev–Trinajstić information content (AvgIpc) is 3.49. The second-order valence-corrected chi connectivity index (χ2v) is 9.53. The van der Waals surface area contributed by atoms with Crippen molar-refractivity contribution in [3.8, 4) is 17.2 Å². The van der Waals surface area contributed by atoms with Gasteiger partial charge < -0.3 is 19.1 Å². The van der Waals surface area contributed by atoms with Crippen LogP contribution >= 0.6 is 23.6 Å². The lowest BCUT2D eigenvalue weighted by Gasteiger charge is -2.43. The van der Waals surface area contributed by atoms with Crippen LogP contribution in [0.2, 0.25) is 0 Å². The zero-order valence-electron chi connectivity index (χ0n) is 16.6. The molecule has 164 valence electrons. The molecule has 0 saturated heterocycles. The van der Waals surface area contributed by atoms with Crippen molar-refractivity contribution in [3.63, 3.8) is 0 Å². The standard InChI is InChI=1S/C23H16F3NO3S2/c24-23(25,26)20-6-5-14(32-20)10-27-9-13-3-1-2-4-15(13)22(21(27)31)11-28-17-8-19-18(7-16(17)22)29-12-30-19/h1-8H,9-12H2. The van der Waals surface area contributed by atoms with Crippen molar-refractivity contribution in [1.29, 1.82) is 0 Å². The topological polar surface area (TPSA) is 30.9 Å². The number of benzene rings is 2. The third kappa shape index (κ3) is 2.84. The summed E-state index contributed by atoms with van der Waals surface area (Å²) in [4.78, 5) is 2.62. The molecule has 4 heterocycles. The zero-order chi connectivity index (χ0) is 22.1. The summed E-state index contributed by atoms with van der Waals surface area (Å²) in [5.74, 6) is 1.95. The van der Waals surface area contributed by atoms with E-state index in [0.29, 0.717) is 46.8 Å². The van der Waals surface area contributed by atoms with Gasteiger partial charge in [-0.15, -0.1) is 11.3 Å². The van der Waals surface area contributed by atoms with Gasteiger partial charge in [0.2, 0.25) is 6.79 Å². The molecule has 0 bridgehead atoms. The molecule has 1 spiro atoms. The van der Waals surface area contributed by atoms with Crippen molar-refractivity contribution >= 4 is 28.5 Å². The van der Waals surface area contributed by atoms with Crippen molar-refractivity contribution in [1.82, 2.24) is 4.90 Å². The highest BCUT2D eigenvalue weighted by Crippen LogP contribution is 2.53. The van der Waals surface area contributed by atoms with Crippen molar-refractivity contribution in [2.24, 2.45) is 0 Å². The highest BCUT2D eigenvalue weighted by atomic mass is 32.1. The average molecular weight is 476 g/mol. The quantitative estimate of drug-likeness (QED) is 0.456. The molecule has 0 saturated carbocycles. The van der Waals surface area contributed by atoms with Crippen LogP contribution < -0.4 is 14.2 Å². The summed E-state index contributed by atoms with van der Waals surface area (Å²) < 4.78 is 56.5. The molecule has 2 aromatic carbocycles. The Labute approximate surface area is 191 Å². The van der Waals surface area contributed by atoms with Crippen LogP contribution in [0.1, 0.15) is 26.4 Å². The third-order valence-electron chi connectivity index (χ3n) is 6.16. The Morgan fingerprint density at radius 2 is 1.75 bits per heavy atom. The van der Waals surface area contributed by atoms with Crippen molar-refractivity contribution in [2.45, 2.75) is 24.7 Å². The van der Waals surface area contributed by atoms with Crippen LogP contribution in [0.3, 0.4) is 0 Å². The molecule has 4 nitrogen and oxygen atoms in total. The molecule has 3 aliphatic rings. The van der Waals surface area contributed by atoms with E-state index in [-0.39, 0.29) is 6.79 Å². The van der Waals surface area contributed by atoms with Crippen LogP contribution in [0.15, 0.2) is 48.5 Å². The van der Waals surface area contributed by atoms with Gasteiger partial charge in [0.1, 0.15) is 22.6 Å². The minimum Gasteiger partial charge on any atom is -0.491 e.